The van der Waals surface area contributed by atoms with E-state index in [0.717, 1.165) is 11.5 Å². The third kappa shape index (κ3) is 1.61. The second kappa shape index (κ2) is 4.05. The lowest BCUT2D eigenvalue weighted by Gasteiger charge is -2.33. The summed E-state index contributed by atoms with van der Waals surface area (Å²) in [4.78, 5) is 21.9. The zero-order chi connectivity index (χ0) is 11.7. The molecule has 0 aromatic carbocycles. The molecular formula is C10H14N4O2. The van der Waals surface area contributed by atoms with Crippen molar-refractivity contribution >= 4 is 17.4 Å². The largest absolute Gasteiger partial charge is 0.382 e. The van der Waals surface area contributed by atoms with Gasteiger partial charge in [-0.3, -0.25) is 4.79 Å². The summed E-state index contributed by atoms with van der Waals surface area (Å²) in [5, 5.41) is 2.81. The molecule has 0 aliphatic carbocycles. The molecule has 1 aromatic rings. The van der Waals surface area contributed by atoms with Crippen LogP contribution in [0.1, 0.15) is 5.69 Å². The van der Waals surface area contributed by atoms with Crippen molar-refractivity contribution in [1.82, 2.24) is 9.97 Å². The highest BCUT2D eigenvalue weighted by molar-refractivity contribution is 6.03. The lowest BCUT2D eigenvalue weighted by atomic mass is 10.1. The normalized spacial score (nSPS) is 19.3. The lowest BCUT2D eigenvalue weighted by Crippen LogP contribution is -2.49. The number of hydrogen-bond donors (Lipinski definition) is 1. The maximum atomic E-state index is 11.8. The standard InChI is InChI=1S/C10H14N4O2/c1-6-8-9(12-5-11-6)14(2)7(4-16-3)10(15)13-8/h5,7H,4H2,1-3H3,(H,13,15). The Morgan fingerprint density at radius 2 is 2.31 bits per heavy atom. The second-order valence-corrected chi connectivity index (χ2v) is 3.73. The van der Waals surface area contributed by atoms with Gasteiger partial charge in [-0.25, -0.2) is 9.97 Å². The van der Waals surface area contributed by atoms with Crippen LogP contribution in [0.25, 0.3) is 0 Å². The minimum Gasteiger partial charge on any atom is -0.382 e. The van der Waals surface area contributed by atoms with Gasteiger partial charge in [0.2, 0.25) is 5.91 Å². The Kier molecular flexibility index (Phi) is 2.74. The highest BCUT2D eigenvalue weighted by atomic mass is 16.5. The molecule has 1 aromatic heterocycles. The highest BCUT2D eigenvalue weighted by Crippen LogP contribution is 2.29. The first-order valence-corrected chi connectivity index (χ1v) is 4.99. The van der Waals surface area contributed by atoms with E-state index in [1.54, 1.807) is 7.11 Å². The summed E-state index contributed by atoms with van der Waals surface area (Å²) < 4.78 is 5.02. The van der Waals surface area contributed by atoms with Crippen molar-refractivity contribution in [1.29, 1.82) is 0 Å². The van der Waals surface area contributed by atoms with Crippen LogP contribution in [0.3, 0.4) is 0 Å². The van der Waals surface area contributed by atoms with Crippen molar-refractivity contribution in [2.45, 2.75) is 13.0 Å². The molecular weight excluding hydrogens is 208 g/mol. The van der Waals surface area contributed by atoms with Gasteiger partial charge in [-0.2, -0.15) is 0 Å². The topological polar surface area (TPSA) is 67.3 Å². The summed E-state index contributed by atoms with van der Waals surface area (Å²) in [7, 11) is 3.40. The minimum atomic E-state index is -0.341. The number of amides is 1. The lowest BCUT2D eigenvalue weighted by molar-refractivity contribution is -0.118. The van der Waals surface area contributed by atoms with E-state index >= 15 is 0 Å². The van der Waals surface area contributed by atoms with E-state index < -0.39 is 0 Å². The molecule has 0 saturated carbocycles. The molecule has 0 fully saturated rings. The third-order valence-corrected chi connectivity index (χ3v) is 2.69. The number of aromatic nitrogens is 2. The third-order valence-electron chi connectivity index (χ3n) is 2.69. The molecule has 2 rings (SSSR count). The van der Waals surface area contributed by atoms with Gasteiger partial charge in [0.15, 0.2) is 5.82 Å². The average molecular weight is 222 g/mol. The van der Waals surface area contributed by atoms with Gasteiger partial charge in [-0.15, -0.1) is 0 Å². The van der Waals surface area contributed by atoms with Crippen LogP contribution >= 0.6 is 0 Å². The van der Waals surface area contributed by atoms with Gasteiger partial charge in [0.1, 0.15) is 18.1 Å². The molecule has 0 spiro atoms. The summed E-state index contributed by atoms with van der Waals surface area (Å²) >= 11 is 0. The van der Waals surface area contributed by atoms with Gasteiger partial charge >= 0.3 is 0 Å². The van der Waals surface area contributed by atoms with Crippen molar-refractivity contribution in [2.24, 2.45) is 0 Å². The van der Waals surface area contributed by atoms with Gasteiger partial charge in [-0.05, 0) is 6.92 Å². The van der Waals surface area contributed by atoms with Crippen LogP contribution < -0.4 is 10.2 Å². The van der Waals surface area contributed by atoms with E-state index in [9.17, 15) is 4.79 Å². The Morgan fingerprint density at radius 3 is 3.00 bits per heavy atom. The molecule has 0 saturated heterocycles. The van der Waals surface area contributed by atoms with Crippen LogP contribution in [0.2, 0.25) is 0 Å². The number of methoxy groups -OCH3 is 1. The van der Waals surface area contributed by atoms with E-state index in [0.29, 0.717) is 12.3 Å². The average Bonchev–Trinajstić information content (AvgIpc) is 2.26. The van der Waals surface area contributed by atoms with Crippen LogP contribution in [-0.4, -0.2) is 42.7 Å². The number of anilines is 2. The van der Waals surface area contributed by atoms with E-state index in [1.165, 1.54) is 6.33 Å². The minimum absolute atomic E-state index is 0.0882. The summed E-state index contributed by atoms with van der Waals surface area (Å²) in [6.07, 6.45) is 1.49. The Morgan fingerprint density at radius 1 is 1.56 bits per heavy atom. The van der Waals surface area contributed by atoms with Crippen molar-refractivity contribution in [2.75, 3.05) is 31.0 Å². The Hall–Kier alpha value is -1.69. The van der Waals surface area contributed by atoms with Crippen LogP contribution in [0.15, 0.2) is 6.33 Å². The summed E-state index contributed by atoms with van der Waals surface area (Å²) in [5.41, 5.74) is 1.45. The van der Waals surface area contributed by atoms with E-state index in [1.807, 2.05) is 18.9 Å². The predicted octanol–water partition coefficient (Wildman–Crippen LogP) is 0.188. The molecule has 0 radical (unpaired) electrons. The van der Waals surface area contributed by atoms with Crippen molar-refractivity contribution in [3.05, 3.63) is 12.0 Å². The molecule has 86 valence electrons. The van der Waals surface area contributed by atoms with E-state index in [2.05, 4.69) is 15.3 Å². The summed E-state index contributed by atoms with van der Waals surface area (Å²) in [6, 6.07) is -0.341. The number of ether oxygens (including phenoxy) is 1. The molecule has 1 amide bonds. The smallest absolute Gasteiger partial charge is 0.249 e. The molecule has 1 N–H and O–H groups in total. The first-order chi connectivity index (χ1) is 7.65. The van der Waals surface area contributed by atoms with Crippen molar-refractivity contribution < 1.29 is 9.53 Å². The number of carbonyl (C=O) groups excluding carboxylic acids is 1. The van der Waals surface area contributed by atoms with Crippen LogP contribution in [0, 0.1) is 6.92 Å². The van der Waals surface area contributed by atoms with Gasteiger partial charge in [0.05, 0.1) is 12.3 Å². The fourth-order valence-corrected chi connectivity index (χ4v) is 1.75. The monoisotopic (exact) mass is 222 g/mol. The van der Waals surface area contributed by atoms with Crippen LogP contribution in [0.4, 0.5) is 11.5 Å². The van der Waals surface area contributed by atoms with Crippen molar-refractivity contribution in [3.63, 3.8) is 0 Å². The van der Waals surface area contributed by atoms with E-state index in [4.69, 9.17) is 4.74 Å². The van der Waals surface area contributed by atoms with Gasteiger partial charge in [0, 0.05) is 14.2 Å². The molecule has 2 heterocycles. The highest BCUT2D eigenvalue weighted by Gasteiger charge is 2.32. The molecule has 6 nitrogen and oxygen atoms in total. The predicted molar refractivity (Wildman–Crippen MR) is 59.5 cm³/mol. The van der Waals surface area contributed by atoms with Gasteiger partial charge < -0.3 is 15.0 Å². The second-order valence-electron chi connectivity index (χ2n) is 3.73. The number of carbonyl (C=O) groups is 1. The van der Waals surface area contributed by atoms with E-state index in [-0.39, 0.29) is 11.9 Å². The van der Waals surface area contributed by atoms with Crippen LogP contribution in [-0.2, 0) is 9.53 Å². The number of nitrogens with zero attached hydrogens (tertiary/aromatic N) is 3. The quantitative estimate of drug-likeness (QED) is 0.773. The Balaban J connectivity index is 2.41. The van der Waals surface area contributed by atoms with Crippen LogP contribution in [0.5, 0.6) is 0 Å². The van der Waals surface area contributed by atoms with Crippen molar-refractivity contribution in [3.8, 4) is 0 Å². The maximum absolute atomic E-state index is 11.8. The summed E-state index contributed by atoms with van der Waals surface area (Å²) in [5.74, 6) is 0.643. The van der Waals surface area contributed by atoms with Gasteiger partial charge in [0.25, 0.3) is 0 Å². The SMILES string of the molecule is COCC1C(=O)Nc2c(C)ncnc2N1C. The number of rotatable bonds is 2. The first kappa shape index (κ1) is 10.8. The fourth-order valence-electron chi connectivity index (χ4n) is 1.75. The number of nitrogens with one attached hydrogen (secondary N) is 1. The number of fused-ring (bicyclic) bond motifs is 1. The molecule has 16 heavy (non-hydrogen) atoms. The molecule has 1 aliphatic heterocycles. The Labute approximate surface area is 93.6 Å². The first-order valence-electron chi connectivity index (χ1n) is 4.99. The molecule has 0 bridgehead atoms. The maximum Gasteiger partial charge on any atom is 0.249 e. The number of hydrogen-bond acceptors (Lipinski definition) is 5. The van der Waals surface area contributed by atoms with Gasteiger partial charge in [-0.1, -0.05) is 0 Å². The molecule has 6 heteroatoms. The molecule has 1 aliphatic rings. The number of likely N-dealkylation sites (N-methyl/N-ethyl adjacent to an activating group) is 1. The molecule has 1 unspecified atom stereocenters. The fraction of sp³-hybridized carbons (Fsp3) is 0.500. The Bertz CT molecular complexity index is 421. The molecule has 1 atom stereocenters. The zero-order valence-corrected chi connectivity index (χ0v) is 9.52. The summed E-state index contributed by atoms with van der Waals surface area (Å²) in [6.45, 7) is 2.18. The zero-order valence-electron chi connectivity index (χ0n) is 9.52. The number of aryl methyl sites for hydroxylation is 1.